The van der Waals surface area contributed by atoms with Gasteiger partial charge in [-0.25, -0.2) is 0 Å². The van der Waals surface area contributed by atoms with Crippen molar-refractivity contribution in [2.24, 2.45) is 11.8 Å². The quantitative estimate of drug-likeness (QED) is 0.291. The van der Waals surface area contributed by atoms with E-state index in [0.29, 0.717) is 23.4 Å². The van der Waals surface area contributed by atoms with Crippen molar-refractivity contribution >= 4 is 49.6 Å². The van der Waals surface area contributed by atoms with E-state index in [0.717, 1.165) is 11.4 Å². The van der Waals surface area contributed by atoms with Crippen LogP contribution in [0.15, 0.2) is 72.8 Å². The van der Waals surface area contributed by atoms with Gasteiger partial charge in [0.25, 0.3) is 0 Å². The topological polar surface area (TPSA) is 20.6 Å². The molecule has 1 unspecified atom stereocenters. The summed E-state index contributed by atoms with van der Waals surface area (Å²) in [4.78, 5) is 2.48. The van der Waals surface area contributed by atoms with Crippen molar-refractivity contribution < 1.29 is 17.0 Å². The van der Waals surface area contributed by atoms with Gasteiger partial charge in [-0.1, -0.05) is 73.8 Å². The van der Waals surface area contributed by atoms with Gasteiger partial charge < -0.3 is 22.2 Å². The van der Waals surface area contributed by atoms with E-state index in [4.69, 9.17) is 23.9 Å². The number of anilines is 2. The van der Waals surface area contributed by atoms with E-state index in [2.05, 4.69) is 109 Å². The second-order valence-corrected chi connectivity index (χ2v) is 16.5. The fraction of sp³-hybridized carbons (Fsp3) is 0.346. The molecule has 3 nitrogen and oxygen atoms in total. The Kier molecular flexibility index (Phi) is 8.99. The summed E-state index contributed by atoms with van der Waals surface area (Å²) in [5, 5.41) is 4.98. The maximum atomic E-state index is 4.98. The van der Waals surface area contributed by atoms with Gasteiger partial charge in [0, 0.05) is 17.4 Å². The minimum atomic E-state index is -1.96. The van der Waals surface area contributed by atoms with Crippen LogP contribution < -0.4 is 4.57 Å². The predicted octanol–water partition coefficient (Wildman–Crippen LogP) is 8.57. The third-order valence-electron chi connectivity index (χ3n) is 7.18. The molecule has 1 aliphatic heterocycles. The van der Waals surface area contributed by atoms with Gasteiger partial charge in [0.2, 0.25) is 0 Å². The fourth-order valence-electron chi connectivity index (χ4n) is 5.97. The molecule has 5 rings (SSSR count). The van der Waals surface area contributed by atoms with E-state index >= 15 is 0 Å². The molecule has 1 saturated carbocycles. The predicted molar refractivity (Wildman–Crippen MR) is 144 cm³/mol. The van der Waals surface area contributed by atoms with Gasteiger partial charge in [-0.2, -0.15) is 0 Å². The Morgan fingerprint density at radius 3 is 2.00 bits per heavy atom. The molecular formula is C26H33Cl2N3SiTi-2. The van der Waals surface area contributed by atoms with Crippen LogP contribution in [0.5, 0.6) is 0 Å². The van der Waals surface area contributed by atoms with Crippen molar-refractivity contribution in [3.63, 3.8) is 0 Å². The Labute approximate surface area is 217 Å². The number of hydrogen-bond acceptors (Lipinski definition) is 2. The molecule has 4 atom stereocenters. The SMILES string of the molecule is CN(C)[C@@H]1C[C@@H]2C=CC=C[C@@H]2C1[Si](C)(C)N1c2ccccc2[N-]c2ccccc21.[CH3-].[Cl][Ti][Cl]. The molecule has 2 aromatic rings. The van der Waals surface area contributed by atoms with Crippen LogP contribution in [0.25, 0.3) is 5.32 Å². The van der Waals surface area contributed by atoms with Crippen molar-refractivity contribution in [2.45, 2.75) is 31.1 Å². The van der Waals surface area contributed by atoms with Crippen LogP contribution in [0.1, 0.15) is 6.42 Å². The summed E-state index contributed by atoms with van der Waals surface area (Å²) in [6, 6.07) is 18.0. The molecule has 1 fully saturated rings. The van der Waals surface area contributed by atoms with Crippen molar-refractivity contribution in [1.82, 2.24) is 4.90 Å². The summed E-state index contributed by atoms with van der Waals surface area (Å²) in [5.74, 6) is 1.27. The summed E-state index contributed by atoms with van der Waals surface area (Å²) in [7, 11) is 12.3. The van der Waals surface area contributed by atoms with Crippen LogP contribution in [0.4, 0.5) is 22.7 Å². The van der Waals surface area contributed by atoms with Gasteiger partial charge in [-0.15, -0.1) is 11.4 Å². The first-order valence-electron chi connectivity index (χ1n) is 11.1. The zero-order valence-electron chi connectivity index (χ0n) is 20.0. The zero-order chi connectivity index (χ0) is 22.9. The molecule has 3 aliphatic rings. The second kappa shape index (κ2) is 11.2. The van der Waals surface area contributed by atoms with Crippen LogP contribution in [-0.2, 0) is 17.0 Å². The normalized spacial score (nSPS) is 24.5. The Morgan fingerprint density at radius 2 is 1.45 bits per heavy atom. The van der Waals surface area contributed by atoms with Gasteiger partial charge in [0.1, 0.15) is 0 Å². The molecule has 1 heterocycles. The molecule has 0 N–H and O–H groups in total. The molecule has 7 heteroatoms. The van der Waals surface area contributed by atoms with Crippen molar-refractivity contribution in [3.05, 3.63) is 85.6 Å². The molecule has 2 aromatic carbocycles. The first kappa shape index (κ1) is 26.6. The van der Waals surface area contributed by atoms with Crippen LogP contribution in [-0.4, -0.2) is 33.3 Å². The van der Waals surface area contributed by atoms with Gasteiger partial charge in [-0.05, 0) is 50.0 Å². The molecule has 0 spiro atoms. The number of hydrogen-bond donors (Lipinski definition) is 0. The number of allylic oxidation sites excluding steroid dienone is 4. The Bertz CT molecular complexity index is 965. The first-order chi connectivity index (χ1) is 15.4. The van der Waals surface area contributed by atoms with E-state index < -0.39 is 25.3 Å². The minimum absolute atomic E-state index is 0. The summed E-state index contributed by atoms with van der Waals surface area (Å²) >= 11 is -0.556. The van der Waals surface area contributed by atoms with Crippen molar-refractivity contribution in [1.29, 1.82) is 0 Å². The van der Waals surface area contributed by atoms with Crippen LogP contribution in [0.3, 0.4) is 0 Å². The number of fused-ring (bicyclic) bond motifs is 3. The third-order valence-corrected chi connectivity index (χ3v) is 11.2. The molecular weight excluding hydrogens is 501 g/mol. The summed E-state index contributed by atoms with van der Waals surface area (Å²) in [5.41, 5.74) is 5.39. The molecule has 33 heavy (non-hydrogen) atoms. The Morgan fingerprint density at radius 1 is 0.939 bits per heavy atom. The number of nitrogens with zero attached hydrogens (tertiary/aromatic N) is 3. The van der Waals surface area contributed by atoms with E-state index in [1.807, 2.05) is 0 Å². The van der Waals surface area contributed by atoms with Crippen molar-refractivity contribution in [3.8, 4) is 0 Å². The van der Waals surface area contributed by atoms with Crippen LogP contribution >= 0.6 is 18.6 Å². The van der Waals surface area contributed by atoms with E-state index in [9.17, 15) is 0 Å². The van der Waals surface area contributed by atoms with E-state index in [-0.39, 0.29) is 7.43 Å². The van der Waals surface area contributed by atoms with Gasteiger partial charge >= 0.3 is 35.6 Å². The summed E-state index contributed by atoms with van der Waals surface area (Å²) in [6.45, 7) is 5.14. The number of para-hydroxylation sites is 4. The molecule has 2 aliphatic carbocycles. The molecule has 176 valence electrons. The second-order valence-electron chi connectivity index (χ2n) is 9.45. The number of halogens is 2. The molecule has 0 bridgehead atoms. The monoisotopic (exact) mass is 533 g/mol. The number of rotatable bonds is 3. The van der Waals surface area contributed by atoms with Crippen LogP contribution in [0.2, 0.25) is 18.6 Å². The average molecular weight is 534 g/mol. The summed E-state index contributed by atoms with van der Waals surface area (Å²) in [6.07, 6.45) is 10.7. The Hall–Kier alpha value is -1.01. The number of benzene rings is 2. The fourth-order valence-corrected chi connectivity index (χ4v) is 10.6. The average Bonchev–Trinajstić information content (AvgIpc) is 3.19. The molecule has 0 aromatic heterocycles. The molecule has 0 amide bonds. The van der Waals surface area contributed by atoms with Gasteiger partial charge in [-0.3, -0.25) is 0 Å². The van der Waals surface area contributed by atoms with Crippen LogP contribution in [0, 0.1) is 19.3 Å². The third kappa shape index (κ3) is 5.03. The first-order valence-corrected chi connectivity index (χ1v) is 18.4. The zero-order valence-corrected chi connectivity index (χ0v) is 24.1. The van der Waals surface area contributed by atoms with E-state index in [1.165, 1.54) is 17.8 Å². The molecule has 0 radical (unpaired) electrons. The van der Waals surface area contributed by atoms with E-state index in [1.54, 1.807) is 0 Å². The van der Waals surface area contributed by atoms with Gasteiger partial charge in [0.15, 0.2) is 8.24 Å². The van der Waals surface area contributed by atoms with Gasteiger partial charge in [0.05, 0.1) is 0 Å². The summed E-state index contributed by atoms with van der Waals surface area (Å²) < 4.78 is 2.71. The van der Waals surface area contributed by atoms with Crippen molar-refractivity contribution in [2.75, 3.05) is 18.7 Å². The molecule has 0 saturated heterocycles. The Balaban J connectivity index is 0.000000728. The standard InChI is InChI=1S/C25H30N3Si.CH3.2ClH.Ti/c1-27(2)24-17-18-11-5-6-12-19(18)25(24)29(3,4)28-22-15-9-7-13-20(22)26-21-14-8-10-16-23(21)28;;;;/h5-16,18-19,24-25H,17H2,1-4H3;1H3;2*1H;/q2*-1;;;+2/p-2/t18-,19-,24+,25?;;;;/m0..../s1. The maximum absolute atomic E-state index is 4.98.